The molecule has 2 aromatic carbocycles. The Labute approximate surface area is 173 Å². The Kier molecular flexibility index (Phi) is 5.96. The molecule has 0 bridgehead atoms. The van der Waals surface area contributed by atoms with Crippen LogP contribution < -0.4 is 10.6 Å². The number of rotatable bonds is 4. The molecule has 10 heteroatoms. The van der Waals surface area contributed by atoms with Gasteiger partial charge in [-0.25, -0.2) is 0 Å². The predicted octanol–water partition coefficient (Wildman–Crippen LogP) is 4.77. The van der Waals surface area contributed by atoms with Gasteiger partial charge in [0.05, 0.1) is 0 Å². The summed E-state index contributed by atoms with van der Waals surface area (Å²) < 4.78 is -2.07. The van der Waals surface area contributed by atoms with Gasteiger partial charge in [0.2, 0.25) is 5.13 Å². The summed E-state index contributed by atoms with van der Waals surface area (Å²) >= 11 is 17.8. The first-order chi connectivity index (χ1) is 12.8. The number of benzene rings is 2. The van der Waals surface area contributed by atoms with Crippen LogP contribution in [0.25, 0.3) is 10.6 Å². The number of halogens is 3. The van der Waals surface area contributed by atoms with Crippen molar-refractivity contribution in [1.82, 2.24) is 10.2 Å². The molecule has 0 fully saturated rings. The standard InChI is InChI=1S/C17H11Cl3N4O2S/c18-17(19,20)15(26)21-12-8-6-10(7-9-12)13(25)22-16-24-23-14(27-16)11-4-2-1-3-5-11/h1-9H,(H,21,26)(H,22,24,25). The molecule has 2 amide bonds. The van der Waals surface area contributed by atoms with E-state index in [4.69, 9.17) is 34.8 Å². The number of alkyl halides is 3. The van der Waals surface area contributed by atoms with Crippen LogP contribution in [0.3, 0.4) is 0 Å². The van der Waals surface area contributed by atoms with Gasteiger partial charge in [-0.05, 0) is 24.3 Å². The van der Waals surface area contributed by atoms with Crippen LogP contribution in [0.15, 0.2) is 54.6 Å². The highest BCUT2D eigenvalue weighted by atomic mass is 35.6. The molecule has 0 saturated heterocycles. The molecule has 0 aliphatic heterocycles. The normalized spacial score (nSPS) is 11.1. The molecule has 1 heterocycles. The molecule has 0 radical (unpaired) electrons. The molecule has 6 nitrogen and oxygen atoms in total. The number of hydrogen-bond donors (Lipinski definition) is 2. The number of nitrogens with one attached hydrogen (secondary N) is 2. The Hall–Kier alpha value is -2.19. The molecular formula is C17H11Cl3N4O2S. The Morgan fingerprint density at radius 1 is 0.889 bits per heavy atom. The van der Waals surface area contributed by atoms with Crippen LogP contribution in [0.1, 0.15) is 10.4 Å². The fourth-order valence-electron chi connectivity index (χ4n) is 2.05. The van der Waals surface area contributed by atoms with E-state index in [2.05, 4.69) is 20.8 Å². The summed E-state index contributed by atoms with van der Waals surface area (Å²) in [5.41, 5.74) is 1.69. The van der Waals surface area contributed by atoms with E-state index in [-0.39, 0.29) is 5.91 Å². The van der Waals surface area contributed by atoms with Gasteiger partial charge < -0.3 is 5.32 Å². The molecule has 0 atom stereocenters. The van der Waals surface area contributed by atoms with Gasteiger partial charge in [0, 0.05) is 16.8 Å². The van der Waals surface area contributed by atoms with E-state index in [0.717, 1.165) is 5.56 Å². The minimum atomic E-state index is -2.07. The van der Waals surface area contributed by atoms with Gasteiger partial charge in [0.1, 0.15) is 5.01 Å². The summed E-state index contributed by atoms with van der Waals surface area (Å²) in [6.07, 6.45) is 0. The highest BCUT2D eigenvalue weighted by Crippen LogP contribution is 2.28. The quantitative estimate of drug-likeness (QED) is 0.571. The smallest absolute Gasteiger partial charge is 0.276 e. The number of nitrogens with zero attached hydrogens (tertiary/aromatic N) is 2. The Bertz CT molecular complexity index is 956. The van der Waals surface area contributed by atoms with E-state index >= 15 is 0 Å². The van der Waals surface area contributed by atoms with Crippen molar-refractivity contribution in [3.05, 3.63) is 60.2 Å². The lowest BCUT2D eigenvalue weighted by molar-refractivity contribution is -0.115. The summed E-state index contributed by atoms with van der Waals surface area (Å²) in [6, 6.07) is 15.7. The topological polar surface area (TPSA) is 84.0 Å². The molecule has 2 N–H and O–H groups in total. The van der Waals surface area contributed by atoms with Crippen molar-refractivity contribution in [3.8, 4) is 10.6 Å². The predicted molar refractivity (Wildman–Crippen MR) is 109 cm³/mol. The molecule has 138 valence electrons. The average molecular weight is 442 g/mol. The van der Waals surface area contributed by atoms with E-state index in [1.54, 1.807) is 0 Å². The minimum absolute atomic E-state index is 0.356. The summed E-state index contributed by atoms with van der Waals surface area (Å²) in [5, 5.41) is 14.3. The Balaban J connectivity index is 1.65. The van der Waals surface area contributed by atoms with Crippen LogP contribution in [0.4, 0.5) is 10.8 Å². The summed E-state index contributed by atoms with van der Waals surface area (Å²) in [4.78, 5) is 23.9. The molecule has 0 saturated carbocycles. The number of anilines is 2. The lowest BCUT2D eigenvalue weighted by atomic mass is 10.2. The third-order valence-corrected chi connectivity index (χ3v) is 4.73. The van der Waals surface area contributed by atoms with E-state index in [0.29, 0.717) is 21.4 Å². The summed E-state index contributed by atoms with van der Waals surface area (Å²) in [5.74, 6) is -1.14. The fraction of sp³-hybridized carbons (Fsp3) is 0.0588. The van der Waals surface area contributed by atoms with Crippen LogP contribution in [-0.4, -0.2) is 25.8 Å². The van der Waals surface area contributed by atoms with Crippen LogP contribution in [-0.2, 0) is 4.79 Å². The SMILES string of the molecule is O=C(Nc1nnc(-c2ccccc2)s1)c1ccc(NC(=O)C(Cl)(Cl)Cl)cc1. The van der Waals surface area contributed by atoms with E-state index in [1.165, 1.54) is 35.6 Å². The molecule has 0 unspecified atom stereocenters. The van der Waals surface area contributed by atoms with Crippen molar-refractivity contribution in [3.63, 3.8) is 0 Å². The van der Waals surface area contributed by atoms with Gasteiger partial charge in [0.15, 0.2) is 0 Å². The Morgan fingerprint density at radius 3 is 2.19 bits per heavy atom. The molecule has 0 aliphatic carbocycles. The molecule has 0 aliphatic rings. The van der Waals surface area contributed by atoms with Crippen molar-refractivity contribution in [2.75, 3.05) is 10.6 Å². The van der Waals surface area contributed by atoms with Crippen molar-refractivity contribution < 1.29 is 9.59 Å². The zero-order valence-corrected chi connectivity index (χ0v) is 16.5. The largest absolute Gasteiger partial charge is 0.322 e. The molecule has 3 aromatic rings. The molecule has 0 spiro atoms. The van der Waals surface area contributed by atoms with E-state index in [1.807, 2.05) is 30.3 Å². The molecular weight excluding hydrogens is 431 g/mol. The van der Waals surface area contributed by atoms with Gasteiger partial charge in [-0.1, -0.05) is 76.5 Å². The highest BCUT2D eigenvalue weighted by molar-refractivity contribution is 7.18. The lowest BCUT2D eigenvalue weighted by Crippen LogP contribution is -2.26. The fourth-order valence-corrected chi connectivity index (χ4v) is 2.93. The van der Waals surface area contributed by atoms with Crippen LogP contribution >= 0.6 is 46.1 Å². The first kappa shape index (κ1) is 19.6. The third-order valence-electron chi connectivity index (χ3n) is 3.33. The second-order valence-corrected chi connectivity index (χ2v) is 8.52. The monoisotopic (exact) mass is 440 g/mol. The molecule has 3 rings (SSSR count). The molecule has 27 heavy (non-hydrogen) atoms. The number of carbonyl (C=O) groups is 2. The second kappa shape index (κ2) is 8.22. The van der Waals surface area contributed by atoms with E-state index in [9.17, 15) is 9.59 Å². The van der Waals surface area contributed by atoms with Crippen molar-refractivity contribution in [1.29, 1.82) is 0 Å². The number of carbonyl (C=O) groups excluding carboxylic acids is 2. The maximum absolute atomic E-state index is 12.3. The van der Waals surface area contributed by atoms with Crippen molar-refractivity contribution in [2.45, 2.75) is 3.79 Å². The first-order valence-corrected chi connectivity index (χ1v) is 9.46. The minimum Gasteiger partial charge on any atom is -0.322 e. The van der Waals surface area contributed by atoms with Crippen LogP contribution in [0, 0.1) is 0 Å². The number of amides is 2. The number of hydrogen-bond acceptors (Lipinski definition) is 5. The van der Waals surface area contributed by atoms with Gasteiger partial charge in [-0.15, -0.1) is 10.2 Å². The van der Waals surface area contributed by atoms with Gasteiger partial charge in [0.25, 0.3) is 15.6 Å². The van der Waals surface area contributed by atoms with Crippen molar-refractivity contribution in [2.24, 2.45) is 0 Å². The van der Waals surface area contributed by atoms with Gasteiger partial charge in [-0.3, -0.25) is 14.9 Å². The second-order valence-electron chi connectivity index (χ2n) is 5.26. The molecule has 1 aromatic heterocycles. The average Bonchev–Trinajstić information content (AvgIpc) is 3.10. The lowest BCUT2D eigenvalue weighted by Gasteiger charge is -2.11. The van der Waals surface area contributed by atoms with Crippen molar-refractivity contribution >= 4 is 68.8 Å². The maximum atomic E-state index is 12.3. The Morgan fingerprint density at radius 2 is 1.56 bits per heavy atom. The summed E-state index contributed by atoms with van der Waals surface area (Å²) in [7, 11) is 0. The summed E-state index contributed by atoms with van der Waals surface area (Å²) in [6.45, 7) is 0. The maximum Gasteiger partial charge on any atom is 0.276 e. The van der Waals surface area contributed by atoms with E-state index < -0.39 is 9.70 Å². The number of aromatic nitrogens is 2. The van der Waals surface area contributed by atoms with Gasteiger partial charge in [-0.2, -0.15) is 0 Å². The zero-order chi connectivity index (χ0) is 19.4. The van der Waals surface area contributed by atoms with Gasteiger partial charge >= 0.3 is 0 Å². The van der Waals surface area contributed by atoms with Crippen LogP contribution in [0.2, 0.25) is 0 Å². The zero-order valence-electron chi connectivity index (χ0n) is 13.4. The first-order valence-electron chi connectivity index (χ1n) is 7.51. The highest BCUT2D eigenvalue weighted by Gasteiger charge is 2.30. The van der Waals surface area contributed by atoms with Crippen LogP contribution in [0.5, 0.6) is 0 Å². The third kappa shape index (κ3) is 5.17.